The highest BCUT2D eigenvalue weighted by molar-refractivity contribution is 5.96. The van der Waals surface area contributed by atoms with Gasteiger partial charge in [-0.1, -0.05) is 121 Å². The summed E-state index contributed by atoms with van der Waals surface area (Å²) in [5.74, 6) is -0.448. The minimum absolute atomic E-state index is 0.301. The van der Waals surface area contributed by atoms with Crippen molar-refractivity contribution in [2.45, 2.75) is 0 Å². The Hall–Kier alpha value is -6.90. The van der Waals surface area contributed by atoms with Gasteiger partial charge in [-0.3, -0.25) is 0 Å². The van der Waals surface area contributed by atoms with E-state index in [2.05, 4.69) is 120 Å². The van der Waals surface area contributed by atoms with Crippen LogP contribution in [-0.2, 0) is 4.79 Å². The van der Waals surface area contributed by atoms with E-state index in [1.54, 1.807) is 25.3 Å². The number of rotatable bonds is 11. The van der Waals surface area contributed by atoms with Crippen molar-refractivity contribution in [1.82, 2.24) is 0 Å². The second-order valence-electron chi connectivity index (χ2n) is 11.5. The fraction of sp³-hybridized carbons (Fsp3) is 0.0222. The van der Waals surface area contributed by atoms with Crippen LogP contribution < -0.4 is 9.64 Å². The maximum atomic E-state index is 11.1. The number of anilines is 3. The molecule has 6 aromatic carbocycles. The lowest BCUT2D eigenvalue weighted by molar-refractivity contribution is -0.132. The highest BCUT2D eigenvalue weighted by Crippen LogP contribution is 2.36. The van der Waals surface area contributed by atoms with Crippen LogP contribution >= 0.6 is 0 Å². The normalized spacial score (nSPS) is 11.1. The van der Waals surface area contributed by atoms with E-state index >= 15 is 0 Å². The van der Waals surface area contributed by atoms with Crippen LogP contribution in [-0.4, -0.2) is 18.2 Å². The van der Waals surface area contributed by atoms with Gasteiger partial charge in [-0.2, -0.15) is 5.26 Å². The Balaban J connectivity index is 1.27. The predicted octanol–water partition coefficient (Wildman–Crippen LogP) is 10.9. The monoisotopic (exact) mass is 650 g/mol. The molecule has 0 heterocycles. The molecule has 0 aromatic heterocycles. The Labute approximate surface area is 292 Å². The van der Waals surface area contributed by atoms with Gasteiger partial charge in [0.2, 0.25) is 0 Å². The zero-order valence-electron chi connectivity index (χ0n) is 27.5. The number of carbonyl (C=O) groups is 1. The summed E-state index contributed by atoms with van der Waals surface area (Å²) in [6.07, 6.45) is 7.62. The number of hydrogen-bond donors (Lipinski definition) is 1. The fourth-order valence-electron chi connectivity index (χ4n) is 5.57. The molecule has 0 fully saturated rings. The Bertz CT molecular complexity index is 2140. The molecular formula is C45H34N2O3. The number of carboxylic acids is 1. The second kappa shape index (κ2) is 15.8. The maximum Gasteiger partial charge on any atom is 0.346 e. The number of ether oxygens (including phenoxy) is 1. The number of aliphatic carboxylic acids is 1. The first-order chi connectivity index (χ1) is 24.5. The van der Waals surface area contributed by atoms with Gasteiger partial charge in [0.25, 0.3) is 0 Å². The van der Waals surface area contributed by atoms with E-state index in [4.69, 9.17) is 15.1 Å². The van der Waals surface area contributed by atoms with Crippen LogP contribution in [0.15, 0.2) is 163 Å². The molecule has 5 heteroatoms. The summed E-state index contributed by atoms with van der Waals surface area (Å²) < 4.78 is 5.43. The predicted molar refractivity (Wildman–Crippen MR) is 204 cm³/mol. The average molecular weight is 651 g/mol. The first-order valence-corrected chi connectivity index (χ1v) is 16.1. The van der Waals surface area contributed by atoms with Gasteiger partial charge in [0.15, 0.2) is 0 Å². The molecular weight excluding hydrogens is 617 g/mol. The minimum Gasteiger partial charge on any atom is -0.497 e. The summed E-state index contributed by atoms with van der Waals surface area (Å²) in [4.78, 5) is 13.4. The third-order valence-electron chi connectivity index (χ3n) is 8.18. The molecule has 0 amide bonds. The van der Waals surface area contributed by atoms with Gasteiger partial charge in [0.05, 0.1) is 7.11 Å². The van der Waals surface area contributed by atoms with E-state index in [0.717, 1.165) is 56.2 Å². The average Bonchev–Trinajstić information content (AvgIpc) is 3.17. The zero-order chi connectivity index (χ0) is 34.7. The number of nitrogens with zero attached hydrogens (tertiary/aromatic N) is 2. The molecule has 0 saturated heterocycles. The lowest BCUT2D eigenvalue weighted by atomic mass is 9.95. The Morgan fingerprint density at radius 3 is 1.42 bits per heavy atom. The lowest BCUT2D eigenvalue weighted by Gasteiger charge is -2.26. The smallest absolute Gasteiger partial charge is 0.346 e. The van der Waals surface area contributed by atoms with E-state index in [-0.39, 0.29) is 5.57 Å². The van der Waals surface area contributed by atoms with Crippen molar-refractivity contribution in [3.8, 4) is 11.8 Å². The molecule has 0 spiro atoms. The molecule has 6 aromatic rings. The number of hydrogen-bond acceptors (Lipinski definition) is 4. The summed E-state index contributed by atoms with van der Waals surface area (Å²) in [5, 5.41) is 18.1. The van der Waals surface area contributed by atoms with Gasteiger partial charge >= 0.3 is 5.97 Å². The van der Waals surface area contributed by atoms with Gasteiger partial charge in [0, 0.05) is 17.1 Å². The highest BCUT2D eigenvalue weighted by atomic mass is 16.5. The second-order valence-corrected chi connectivity index (χ2v) is 11.5. The maximum absolute atomic E-state index is 11.1. The Morgan fingerprint density at radius 2 is 0.980 bits per heavy atom. The molecule has 0 bridgehead atoms. The first-order valence-electron chi connectivity index (χ1n) is 16.1. The SMILES string of the molecule is COc1ccc(N(c2ccc(C=Cc3ccc(C=C(C#N)C(=O)O)cc3)cc2)c2ccc(C=C(c3ccccc3)c3ccccc3)cc2)cc1. The largest absolute Gasteiger partial charge is 0.497 e. The molecule has 0 unspecified atom stereocenters. The van der Waals surface area contributed by atoms with Gasteiger partial charge < -0.3 is 14.7 Å². The van der Waals surface area contributed by atoms with Crippen LogP contribution in [0.2, 0.25) is 0 Å². The Morgan fingerprint density at radius 1 is 0.580 bits per heavy atom. The van der Waals surface area contributed by atoms with E-state index in [9.17, 15) is 4.79 Å². The molecule has 242 valence electrons. The van der Waals surface area contributed by atoms with Crippen LogP contribution in [0, 0.1) is 11.3 Å². The van der Waals surface area contributed by atoms with Crippen LogP contribution in [0.25, 0.3) is 29.9 Å². The lowest BCUT2D eigenvalue weighted by Crippen LogP contribution is -2.09. The van der Waals surface area contributed by atoms with Crippen molar-refractivity contribution >= 4 is 52.9 Å². The van der Waals surface area contributed by atoms with Crippen LogP contribution in [0.1, 0.15) is 33.4 Å². The third-order valence-corrected chi connectivity index (χ3v) is 8.18. The number of methoxy groups -OCH3 is 1. The quantitative estimate of drug-likeness (QED) is 0.0858. The summed E-state index contributed by atoms with van der Waals surface area (Å²) in [5.41, 5.74) is 9.95. The molecule has 0 aliphatic heterocycles. The molecule has 0 saturated carbocycles. The van der Waals surface area contributed by atoms with Gasteiger partial charge in [-0.15, -0.1) is 0 Å². The van der Waals surface area contributed by atoms with Gasteiger partial charge in [-0.25, -0.2) is 4.79 Å². The molecule has 0 atom stereocenters. The van der Waals surface area contributed by atoms with Crippen molar-refractivity contribution < 1.29 is 14.6 Å². The highest BCUT2D eigenvalue weighted by Gasteiger charge is 2.13. The van der Waals surface area contributed by atoms with Gasteiger partial charge in [0.1, 0.15) is 17.4 Å². The van der Waals surface area contributed by atoms with E-state index in [1.165, 1.54) is 6.08 Å². The molecule has 6 rings (SSSR count). The summed E-state index contributed by atoms with van der Waals surface area (Å²) >= 11 is 0. The summed E-state index contributed by atoms with van der Waals surface area (Å²) in [7, 11) is 1.67. The van der Waals surface area contributed by atoms with Crippen LogP contribution in [0.5, 0.6) is 5.75 Å². The van der Waals surface area contributed by atoms with Gasteiger partial charge in [-0.05, 0) is 99.6 Å². The topological polar surface area (TPSA) is 73.6 Å². The van der Waals surface area contributed by atoms with Crippen molar-refractivity contribution in [3.63, 3.8) is 0 Å². The first kappa shape index (κ1) is 33.0. The molecule has 0 aliphatic rings. The van der Waals surface area contributed by atoms with Crippen molar-refractivity contribution in [1.29, 1.82) is 5.26 Å². The Kier molecular flexibility index (Phi) is 10.4. The fourth-order valence-corrected chi connectivity index (χ4v) is 5.57. The van der Waals surface area contributed by atoms with E-state index in [0.29, 0.717) is 5.56 Å². The molecule has 0 radical (unpaired) electrons. The van der Waals surface area contributed by atoms with E-state index < -0.39 is 5.97 Å². The summed E-state index contributed by atoms with van der Waals surface area (Å²) in [6, 6.07) is 55.0. The molecule has 0 aliphatic carbocycles. The van der Waals surface area contributed by atoms with Crippen LogP contribution in [0.4, 0.5) is 17.1 Å². The summed E-state index contributed by atoms with van der Waals surface area (Å²) in [6.45, 7) is 0. The van der Waals surface area contributed by atoms with Crippen LogP contribution in [0.3, 0.4) is 0 Å². The van der Waals surface area contributed by atoms with E-state index in [1.807, 2.05) is 48.6 Å². The number of nitriles is 1. The van der Waals surface area contributed by atoms with Crippen molar-refractivity contribution in [2.24, 2.45) is 0 Å². The zero-order valence-corrected chi connectivity index (χ0v) is 27.5. The molecule has 5 nitrogen and oxygen atoms in total. The minimum atomic E-state index is -1.24. The third kappa shape index (κ3) is 8.14. The molecule has 50 heavy (non-hydrogen) atoms. The molecule has 1 N–H and O–H groups in total. The number of carboxylic acid groups (broad SMARTS) is 1. The van der Waals surface area contributed by atoms with Crippen molar-refractivity contribution in [3.05, 3.63) is 197 Å². The number of benzene rings is 6. The van der Waals surface area contributed by atoms with Crippen molar-refractivity contribution in [2.75, 3.05) is 12.0 Å². The standard InChI is InChI=1S/C45H34N2O3/c1-50-43-28-26-42(27-29-43)47(40-22-18-34(19-23-40)13-12-33-14-16-35(17-15-33)30-39(32-46)45(48)49)41-24-20-36(21-25-41)31-44(37-8-4-2-5-9-37)38-10-6-3-7-11-38/h2-31H,1H3,(H,48,49).